The number of nitrogens with zero attached hydrogens (tertiary/aromatic N) is 4. The summed E-state index contributed by atoms with van der Waals surface area (Å²) in [6.45, 7) is 4.00. The van der Waals surface area contributed by atoms with Gasteiger partial charge >= 0.3 is 0 Å². The molecule has 1 aromatic heterocycles. The van der Waals surface area contributed by atoms with E-state index in [4.69, 9.17) is 10.9 Å². The first-order chi connectivity index (χ1) is 8.38. The van der Waals surface area contributed by atoms with Crippen molar-refractivity contribution in [3.8, 4) is 0 Å². The third-order valence-corrected chi connectivity index (χ3v) is 2.98. The van der Waals surface area contributed by atoms with Gasteiger partial charge in [0.15, 0.2) is 0 Å². The van der Waals surface area contributed by atoms with Gasteiger partial charge in [-0.25, -0.2) is 0 Å². The molecule has 0 aliphatic heterocycles. The van der Waals surface area contributed by atoms with Gasteiger partial charge in [0.1, 0.15) is 5.84 Å². The molecule has 1 unspecified atom stereocenters. The van der Waals surface area contributed by atoms with Gasteiger partial charge in [-0.05, 0) is 6.92 Å². The average Bonchev–Trinajstić information content (AvgIpc) is 2.67. The third kappa shape index (κ3) is 2.79. The number of amides is 1. The summed E-state index contributed by atoms with van der Waals surface area (Å²) in [5, 5.41) is 15.5. The van der Waals surface area contributed by atoms with E-state index in [-0.39, 0.29) is 17.7 Å². The fourth-order valence-corrected chi connectivity index (χ4v) is 1.60. The van der Waals surface area contributed by atoms with Crippen LogP contribution in [-0.4, -0.2) is 45.2 Å². The van der Waals surface area contributed by atoms with Crippen molar-refractivity contribution in [2.75, 3.05) is 13.6 Å². The van der Waals surface area contributed by atoms with Gasteiger partial charge in [-0.1, -0.05) is 12.1 Å². The Labute approximate surface area is 106 Å². The Kier molecular flexibility index (Phi) is 4.30. The number of rotatable bonds is 4. The van der Waals surface area contributed by atoms with Crippen LogP contribution in [0.1, 0.15) is 23.0 Å². The number of carbonyl (C=O) groups is 1. The van der Waals surface area contributed by atoms with Crippen molar-refractivity contribution in [1.29, 1.82) is 0 Å². The molecule has 0 saturated carbocycles. The molecular weight excluding hydrogens is 234 g/mol. The van der Waals surface area contributed by atoms with Crippen molar-refractivity contribution in [1.82, 2.24) is 14.7 Å². The highest BCUT2D eigenvalue weighted by atomic mass is 16.4. The van der Waals surface area contributed by atoms with Crippen LogP contribution in [0.4, 0.5) is 0 Å². The van der Waals surface area contributed by atoms with E-state index in [0.717, 1.165) is 5.69 Å². The minimum Gasteiger partial charge on any atom is -0.409 e. The van der Waals surface area contributed by atoms with E-state index in [2.05, 4.69) is 10.3 Å². The molecule has 7 nitrogen and oxygen atoms in total. The SMILES string of the molecule is Cc1c(C(=O)N(C)CC(C)/C(N)=N/O)cnn1C. The number of oxime groups is 1. The summed E-state index contributed by atoms with van der Waals surface area (Å²) in [6.07, 6.45) is 1.54. The summed E-state index contributed by atoms with van der Waals surface area (Å²) < 4.78 is 1.65. The van der Waals surface area contributed by atoms with Gasteiger partial charge < -0.3 is 15.8 Å². The van der Waals surface area contributed by atoms with Gasteiger partial charge in [-0.3, -0.25) is 9.48 Å². The minimum absolute atomic E-state index is 0.109. The number of hydrogen-bond donors (Lipinski definition) is 2. The summed E-state index contributed by atoms with van der Waals surface area (Å²) in [6, 6.07) is 0. The van der Waals surface area contributed by atoms with Crippen LogP contribution in [0.15, 0.2) is 11.4 Å². The fourth-order valence-electron chi connectivity index (χ4n) is 1.60. The van der Waals surface area contributed by atoms with E-state index in [9.17, 15) is 4.79 Å². The molecule has 0 fully saturated rings. The molecule has 1 atom stereocenters. The van der Waals surface area contributed by atoms with Crippen molar-refractivity contribution in [2.45, 2.75) is 13.8 Å². The lowest BCUT2D eigenvalue weighted by atomic mass is 10.1. The highest BCUT2D eigenvalue weighted by Crippen LogP contribution is 2.10. The zero-order chi connectivity index (χ0) is 13.9. The van der Waals surface area contributed by atoms with Gasteiger partial charge in [0.25, 0.3) is 5.91 Å². The lowest BCUT2D eigenvalue weighted by Gasteiger charge is -2.20. The normalized spacial score (nSPS) is 13.4. The molecule has 0 aromatic carbocycles. The maximum atomic E-state index is 12.2. The van der Waals surface area contributed by atoms with E-state index in [1.54, 1.807) is 31.9 Å². The Morgan fingerprint density at radius 2 is 2.33 bits per heavy atom. The lowest BCUT2D eigenvalue weighted by molar-refractivity contribution is 0.0785. The quantitative estimate of drug-likeness (QED) is 0.346. The van der Waals surface area contributed by atoms with Crippen molar-refractivity contribution < 1.29 is 10.0 Å². The molecule has 1 aromatic rings. The van der Waals surface area contributed by atoms with Crippen LogP contribution in [0, 0.1) is 12.8 Å². The van der Waals surface area contributed by atoms with Crippen molar-refractivity contribution in [2.24, 2.45) is 23.9 Å². The lowest BCUT2D eigenvalue weighted by Crippen LogP contribution is -2.36. The highest BCUT2D eigenvalue weighted by molar-refractivity contribution is 5.95. The molecule has 0 aliphatic carbocycles. The molecule has 1 amide bonds. The number of nitrogens with two attached hydrogens (primary N) is 1. The molecule has 0 bridgehead atoms. The van der Waals surface area contributed by atoms with E-state index in [0.29, 0.717) is 12.1 Å². The first kappa shape index (κ1) is 14.0. The molecular formula is C11H19N5O2. The van der Waals surface area contributed by atoms with E-state index in [1.165, 1.54) is 4.90 Å². The van der Waals surface area contributed by atoms with Gasteiger partial charge in [-0.15, -0.1) is 0 Å². The van der Waals surface area contributed by atoms with Crippen LogP contribution in [0.3, 0.4) is 0 Å². The Morgan fingerprint density at radius 1 is 1.72 bits per heavy atom. The fraction of sp³-hybridized carbons (Fsp3) is 0.545. The van der Waals surface area contributed by atoms with Crippen LogP contribution in [-0.2, 0) is 7.05 Å². The predicted molar refractivity (Wildman–Crippen MR) is 67.5 cm³/mol. The first-order valence-electron chi connectivity index (χ1n) is 5.60. The Hall–Kier alpha value is -2.05. The molecule has 1 rings (SSSR count). The van der Waals surface area contributed by atoms with Gasteiger partial charge in [-0.2, -0.15) is 5.10 Å². The number of amidine groups is 1. The number of aromatic nitrogens is 2. The van der Waals surface area contributed by atoms with Crippen LogP contribution in [0.5, 0.6) is 0 Å². The molecule has 0 saturated heterocycles. The summed E-state index contributed by atoms with van der Waals surface area (Å²) in [4.78, 5) is 13.7. The second kappa shape index (κ2) is 5.52. The van der Waals surface area contributed by atoms with E-state index >= 15 is 0 Å². The molecule has 3 N–H and O–H groups in total. The summed E-state index contributed by atoms with van der Waals surface area (Å²) in [5.74, 6) is -0.225. The highest BCUT2D eigenvalue weighted by Gasteiger charge is 2.20. The third-order valence-electron chi connectivity index (χ3n) is 2.98. The largest absolute Gasteiger partial charge is 0.409 e. The smallest absolute Gasteiger partial charge is 0.257 e. The Bertz CT molecular complexity index is 466. The maximum absolute atomic E-state index is 12.2. The molecule has 0 aliphatic rings. The Morgan fingerprint density at radius 3 is 2.78 bits per heavy atom. The van der Waals surface area contributed by atoms with Gasteiger partial charge in [0, 0.05) is 32.3 Å². The zero-order valence-electron chi connectivity index (χ0n) is 11.1. The van der Waals surface area contributed by atoms with Gasteiger partial charge in [0.05, 0.1) is 11.8 Å². The van der Waals surface area contributed by atoms with E-state index in [1.807, 2.05) is 6.92 Å². The van der Waals surface area contributed by atoms with Crippen molar-refractivity contribution >= 4 is 11.7 Å². The number of aryl methyl sites for hydroxylation is 1. The second-order valence-corrected chi connectivity index (χ2v) is 4.38. The summed E-state index contributed by atoms with van der Waals surface area (Å²) in [7, 11) is 3.46. The monoisotopic (exact) mass is 253 g/mol. The molecule has 0 spiro atoms. The van der Waals surface area contributed by atoms with Crippen molar-refractivity contribution in [3.63, 3.8) is 0 Å². The number of carbonyl (C=O) groups excluding carboxylic acids is 1. The summed E-state index contributed by atoms with van der Waals surface area (Å²) >= 11 is 0. The van der Waals surface area contributed by atoms with Gasteiger partial charge in [0.2, 0.25) is 0 Å². The van der Waals surface area contributed by atoms with E-state index < -0.39 is 0 Å². The van der Waals surface area contributed by atoms with Crippen LogP contribution >= 0.6 is 0 Å². The topological polar surface area (TPSA) is 96.7 Å². The average molecular weight is 253 g/mol. The molecule has 18 heavy (non-hydrogen) atoms. The Balaban J connectivity index is 2.76. The summed E-state index contributed by atoms with van der Waals surface area (Å²) in [5.41, 5.74) is 6.85. The minimum atomic E-state index is -0.207. The second-order valence-electron chi connectivity index (χ2n) is 4.38. The molecule has 0 radical (unpaired) electrons. The van der Waals surface area contributed by atoms with Crippen LogP contribution < -0.4 is 5.73 Å². The predicted octanol–water partition coefficient (Wildman–Crippen LogP) is 0.183. The standard InChI is InChI=1S/C11H19N5O2/c1-7(10(12)14-18)6-15(3)11(17)9-5-13-16(4)8(9)2/h5,7,18H,6H2,1-4H3,(H2,12,14). The maximum Gasteiger partial charge on any atom is 0.257 e. The molecule has 7 heteroatoms. The molecule has 100 valence electrons. The number of hydrogen-bond acceptors (Lipinski definition) is 4. The molecule has 1 heterocycles. The van der Waals surface area contributed by atoms with Crippen LogP contribution in [0.2, 0.25) is 0 Å². The zero-order valence-corrected chi connectivity index (χ0v) is 11.1. The van der Waals surface area contributed by atoms with Crippen molar-refractivity contribution in [3.05, 3.63) is 17.5 Å². The first-order valence-corrected chi connectivity index (χ1v) is 5.60. The van der Waals surface area contributed by atoms with Crippen LogP contribution in [0.25, 0.3) is 0 Å².